The number of anilines is 1. The van der Waals surface area contributed by atoms with Crippen molar-refractivity contribution in [1.82, 2.24) is 29.2 Å². The van der Waals surface area contributed by atoms with Gasteiger partial charge in [0, 0.05) is 26.1 Å². The van der Waals surface area contributed by atoms with Crippen molar-refractivity contribution in [3.63, 3.8) is 0 Å². The summed E-state index contributed by atoms with van der Waals surface area (Å²) in [5.74, 6) is 1.48. The number of imidazole rings is 1. The summed E-state index contributed by atoms with van der Waals surface area (Å²) < 4.78 is 22.8. The van der Waals surface area contributed by atoms with Crippen LogP contribution in [0.25, 0.3) is 11.2 Å². The third-order valence-corrected chi connectivity index (χ3v) is 6.55. The number of rotatable bonds is 4. The largest absolute Gasteiger partial charge is 0.368 e. The Bertz CT molecular complexity index is 1370. The van der Waals surface area contributed by atoms with Gasteiger partial charge in [0.15, 0.2) is 22.8 Å². The zero-order valence-electron chi connectivity index (χ0n) is 16.4. The second-order valence-electron chi connectivity index (χ2n) is 8.08. The second kappa shape index (κ2) is 6.61. The summed E-state index contributed by atoms with van der Waals surface area (Å²) in [5.41, 5.74) is 1.14. The van der Waals surface area contributed by atoms with Gasteiger partial charge in [-0.1, -0.05) is 22.8 Å². The zero-order chi connectivity index (χ0) is 21.3. The Morgan fingerprint density at radius 3 is 2.81 bits per heavy atom. The van der Waals surface area contributed by atoms with E-state index in [-0.39, 0.29) is 28.9 Å². The number of aromatic nitrogens is 6. The summed E-state index contributed by atoms with van der Waals surface area (Å²) in [6.07, 6.45) is 2.99. The van der Waals surface area contributed by atoms with Crippen LogP contribution in [0.4, 0.5) is 10.1 Å². The number of hydrogen-bond donors (Lipinski definition) is 0. The standard InChI is InChI=1S/C20H17ClFN7O2/c1-27-8-23-19-17(27)20(30)29(9-24-19)7-14-25-18(26-31-14)15-10-5-28(6-11(10)15)13-4-2-3-12(21)16(13)22/h2-4,8-11,15H,5-7H2,1H3. The molecule has 0 amide bonds. The van der Waals surface area contributed by atoms with Crippen LogP contribution >= 0.6 is 11.6 Å². The molecule has 1 saturated carbocycles. The van der Waals surface area contributed by atoms with Gasteiger partial charge in [0.1, 0.15) is 12.9 Å². The van der Waals surface area contributed by atoms with Gasteiger partial charge in [-0.2, -0.15) is 4.98 Å². The number of benzene rings is 1. The third-order valence-electron chi connectivity index (χ3n) is 6.25. The predicted octanol–water partition coefficient (Wildman–Crippen LogP) is 2.20. The van der Waals surface area contributed by atoms with Gasteiger partial charge >= 0.3 is 0 Å². The summed E-state index contributed by atoms with van der Waals surface area (Å²) in [7, 11) is 1.75. The Hall–Kier alpha value is -3.27. The molecule has 0 radical (unpaired) electrons. The monoisotopic (exact) mass is 441 g/mol. The highest BCUT2D eigenvalue weighted by atomic mass is 35.5. The lowest BCUT2D eigenvalue weighted by Crippen LogP contribution is -2.24. The Labute approximate surface area is 180 Å². The molecule has 4 aromatic rings. The van der Waals surface area contributed by atoms with Gasteiger partial charge in [-0.15, -0.1) is 0 Å². The normalized spacial score (nSPS) is 22.3. The smallest absolute Gasteiger partial charge is 0.280 e. The predicted molar refractivity (Wildman–Crippen MR) is 110 cm³/mol. The summed E-state index contributed by atoms with van der Waals surface area (Å²) in [6, 6.07) is 5.05. The van der Waals surface area contributed by atoms with Crippen LogP contribution in [0, 0.1) is 17.7 Å². The molecule has 31 heavy (non-hydrogen) atoms. The number of aryl methyl sites for hydroxylation is 1. The molecule has 3 aromatic heterocycles. The Kier molecular flexibility index (Phi) is 3.95. The highest BCUT2D eigenvalue weighted by Crippen LogP contribution is 2.58. The van der Waals surface area contributed by atoms with Crippen LogP contribution in [0.2, 0.25) is 5.02 Å². The van der Waals surface area contributed by atoms with E-state index in [1.165, 1.54) is 10.9 Å². The summed E-state index contributed by atoms with van der Waals surface area (Å²) >= 11 is 5.91. The van der Waals surface area contributed by atoms with Crippen molar-refractivity contribution in [2.24, 2.45) is 18.9 Å². The first-order valence-corrected chi connectivity index (χ1v) is 10.3. The number of hydrogen-bond acceptors (Lipinski definition) is 7. The summed E-state index contributed by atoms with van der Waals surface area (Å²) in [6.45, 7) is 1.58. The minimum atomic E-state index is -0.381. The minimum absolute atomic E-state index is 0.131. The van der Waals surface area contributed by atoms with Crippen molar-refractivity contribution in [3.8, 4) is 0 Å². The van der Waals surface area contributed by atoms with Crippen LogP contribution in [0.5, 0.6) is 0 Å². The van der Waals surface area contributed by atoms with Crippen LogP contribution in [0.15, 0.2) is 40.2 Å². The first-order chi connectivity index (χ1) is 15.0. The zero-order valence-corrected chi connectivity index (χ0v) is 17.2. The van der Waals surface area contributed by atoms with E-state index in [1.54, 1.807) is 36.1 Å². The number of nitrogens with zero attached hydrogens (tertiary/aromatic N) is 7. The van der Waals surface area contributed by atoms with Crippen molar-refractivity contribution < 1.29 is 8.91 Å². The average Bonchev–Trinajstić information content (AvgIpc) is 3.18. The van der Waals surface area contributed by atoms with Crippen LogP contribution in [-0.4, -0.2) is 42.3 Å². The van der Waals surface area contributed by atoms with Crippen molar-refractivity contribution in [3.05, 3.63) is 63.8 Å². The highest BCUT2D eigenvalue weighted by molar-refractivity contribution is 6.31. The Morgan fingerprint density at radius 1 is 1.23 bits per heavy atom. The molecule has 0 N–H and O–H groups in total. The maximum atomic E-state index is 14.3. The van der Waals surface area contributed by atoms with Crippen LogP contribution in [-0.2, 0) is 13.6 Å². The molecule has 1 aliphatic carbocycles. The molecule has 0 bridgehead atoms. The van der Waals surface area contributed by atoms with E-state index < -0.39 is 0 Å². The van der Waals surface area contributed by atoms with E-state index in [0.717, 1.165) is 13.1 Å². The molecule has 1 aromatic carbocycles. The van der Waals surface area contributed by atoms with Gasteiger partial charge < -0.3 is 14.0 Å². The molecule has 0 spiro atoms. The molecule has 1 saturated heterocycles. The molecule has 2 aliphatic rings. The Balaban J connectivity index is 1.17. The van der Waals surface area contributed by atoms with E-state index >= 15 is 0 Å². The molecule has 1 aliphatic heterocycles. The molecule has 11 heteroatoms. The molecule has 158 valence electrons. The highest BCUT2D eigenvalue weighted by Gasteiger charge is 2.58. The first kappa shape index (κ1) is 18.5. The topological polar surface area (TPSA) is 94.9 Å². The van der Waals surface area contributed by atoms with E-state index in [0.29, 0.717) is 40.4 Å². The molecule has 2 unspecified atom stereocenters. The fourth-order valence-corrected chi connectivity index (χ4v) is 4.81. The van der Waals surface area contributed by atoms with Crippen LogP contribution < -0.4 is 10.5 Å². The molecular formula is C20H17ClFN7O2. The fourth-order valence-electron chi connectivity index (χ4n) is 4.64. The van der Waals surface area contributed by atoms with Gasteiger partial charge in [-0.25, -0.2) is 14.4 Å². The maximum absolute atomic E-state index is 14.3. The number of halogens is 2. The SMILES string of the molecule is Cn1cnc2ncn(Cc3nc(C4C5CN(c6cccc(Cl)c6F)CC54)no3)c(=O)c21. The van der Waals surface area contributed by atoms with Gasteiger partial charge in [-0.05, 0) is 24.0 Å². The van der Waals surface area contributed by atoms with Crippen molar-refractivity contribution in [1.29, 1.82) is 0 Å². The van der Waals surface area contributed by atoms with E-state index in [9.17, 15) is 9.18 Å². The van der Waals surface area contributed by atoms with Gasteiger partial charge in [0.05, 0.1) is 17.0 Å². The van der Waals surface area contributed by atoms with Crippen molar-refractivity contribution >= 4 is 28.5 Å². The van der Waals surface area contributed by atoms with Gasteiger partial charge in [-0.3, -0.25) is 9.36 Å². The third kappa shape index (κ3) is 2.85. The summed E-state index contributed by atoms with van der Waals surface area (Å²) in [4.78, 5) is 27.5. The molecule has 9 nitrogen and oxygen atoms in total. The van der Waals surface area contributed by atoms with Crippen molar-refractivity contribution in [2.45, 2.75) is 12.5 Å². The van der Waals surface area contributed by atoms with E-state index in [4.69, 9.17) is 16.1 Å². The second-order valence-corrected chi connectivity index (χ2v) is 8.49. The number of fused-ring (bicyclic) bond motifs is 2. The maximum Gasteiger partial charge on any atom is 0.280 e. The minimum Gasteiger partial charge on any atom is -0.368 e. The van der Waals surface area contributed by atoms with Gasteiger partial charge in [0.25, 0.3) is 5.56 Å². The van der Waals surface area contributed by atoms with E-state index in [2.05, 4.69) is 20.1 Å². The molecule has 2 atom stereocenters. The molecule has 6 rings (SSSR count). The summed E-state index contributed by atoms with van der Waals surface area (Å²) in [5, 5.41) is 4.26. The lowest BCUT2D eigenvalue weighted by Gasteiger charge is -2.22. The number of piperidine rings is 1. The Morgan fingerprint density at radius 2 is 2.00 bits per heavy atom. The lowest BCUT2D eigenvalue weighted by atomic mass is 10.2. The quantitative estimate of drug-likeness (QED) is 0.479. The fraction of sp³-hybridized carbons (Fsp3) is 0.350. The van der Waals surface area contributed by atoms with Crippen LogP contribution in [0.3, 0.4) is 0 Å². The van der Waals surface area contributed by atoms with Crippen molar-refractivity contribution in [2.75, 3.05) is 18.0 Å². The molecular weight excluding hydrogens is 425 g/mol. The van der Waals surface area contributed by atoms with E-state index in [1.807, 2.05) is 4.90 Å². The van der Waals surface area contributed by atoms with Crippen LogP contribution in [0.1, 0.15) is 17.6 Å². The lowest BCUT2D eigenvalue weighted by molar-refractivity contribution is 0.363. The molecule has 2 fully saturated rings. The molecule has 4 heterocycles. The van der Waals surface area contributed by atoms with Gasteiger partial charge in [0.2, 0.25) is 5.89 Å². The average molecular weight is 442 g/mol. The first-order valence-electron chi connectivity index (χ1n) is 9.89.